The summed E-state index contributed by atoms with van der Waals surface area (Å²) in [6, 6.07) is 7.80. The fourth-order valence-electron chi connectivity index (χ4n) is 2.96. The summed E-state index contributed by atoms with van der Waals surface area (Å²) >= 11 is 0. The lowest BCUT2D eigenvalue weighted by Gasteiger charge is -2.40. The highest BCUT2D eigenvalue weighted by Crippen LogP contribution is 2.36. The van der Waals surface area contributed by atoms with Crippen molar-refractivity contribution in [1.82, 2.24) is 14.8 Å². The van der Waals surface area contributed by atoms with Crippen LogP contribution in [0.2, 0.25) is 0 Å². The molecule has 0 aromatic heterocycles. The Hall–Kier alpha value is -2.46. The minimum atomic E-state index is -0.00541. The van der Waals surface area contributed by atoms with Crippen molar-refractivity contribution in [3.05, 3.63) is 29.3 Å². The largest absolute Gasteiger partial charge is 0.338 e. The molecular weight excluding hydrogens is 290 g/mol. The van der Waals surface area contributed by atoms with E-state index in [1.807, 2.05) is 23.2 Å². The van der Waals surface area contributed by atoms with Crippen LogP contribution in [0.4, 0.5) is 5.69 Å². The van der Waals surface area contributed by atoms with Crippen LogP contribution in [0.1, 0.15) is 24.1 Å². The van der Waals surface area contributed by atoms with Crippen molar-refractivity contribution in [1.29, 1.82) is 5.26 Å². The molecule has 1 saturated heterocycles. The number of rotatable bonds is 1. The molecule has 0 bridgehead atoms. The lowest BCUT2D eigenvalue weighted by Crippen LogP contribution is -2.52. The van der Waals surface area contributed by atoms with E-state index in [0.717, 1.165) is 43.4 Å². The molecule has 1 aromatic rings. The van der Waals surface area contributed by atoms with Gasteiger partial charge in [-0.2, -0.15) is 10.4 Å². The number of piperazine rings is 1. The number of nitriles is 1. The summed E-state index contributed by atoms with van der Waals surface area (Å²) < 4.78 is 0. The predicted molar refractivity (Wildman–Crippen MR) is 88.4 cm³/mol. The number of nitrogens with zero attached hydrogens (tertiary/aromatic N) is 7. The molecule has 0 amide bonds. The van der Waals surface area contributed by atoms with Crippen molar-refractivity contribution >= 4 is 11.6 Å². The van der Waals surface area contributed by atoms with Gasteiger partial charge in [0, 0.05) is 31.7 Å². The van der Waals surface area contributed by atoms with Gasteiger partial charge in [0.05, 0.1) is 30.4 Å². The summed E-state index contributed by atoms with van der Waals surface area (Å²) in [5.74, 6) is 0.841. The van der Waals surface area contributed by atoms with Crippen LogP contribution >= 0.6 is 0 Å². The average Bonchev–Trinajstić information content (AvgIpc) is 2.58. The molecule has 3 rings (SSSR count). The maximum atomic E-state index is 9.12. The zero-order valence-electron chi connectivity index (χ0n) is 13.8. The molecule has 23 heavy (non-hydrogen) atoms. The molecule has 120 valence electrons. The first-order valence-corrected chi connectivity index (χ1v) is 7.79. The van der Waals surface area contributed by atoms with Gasteiger partial charge in [-0.05, 0) is 32.2 Å². The van der Waals surface area contributed by atoms with Crippen molar-refractivity contribution in [2.24, 2.45) is 15.3 Å². The maximum absolute atomic E-state index is 9.12. The van der Waals surface area contributed by atoms with E-state index in [4.69, 9.17) is 10.3 Å². The second-order valence-corrected chi connectivity index (χ2v) is 5.90. The number of hydrogen-bond donors (Lipinski definition) is 0. The normalized spacial score (nSPS) is 22.0. The molecule has 1 aromatic carbocycles. The molecule has 1 atom stereocenters. The van der Waals surface area contributed by atoms with Gasteiger partial charge in [0.1, 0.15) is 0 Å². The number of guanidine groups is 1. The van der Waals surface area contributed by atoms with Gasteiger partial charge in [-0.1, -0.05) is 5.22 Å². The third-order valence-electron chi connectivity index (χ3n) is 4.37. The van der Waals surface area contributed by atoms with E-state index in [1.54, 1.807) is 7.05 Å². The summed E-state index contributed by atoms with van der Waals surface area (Å²) in [5.41, 5.74) is 2.56. The van der Waals surface area contributed by atoms with Crippen molar-refractivity contribution in [2.45, 2.75) is 13.0 Å². The quantitative estimate of drug-likeness (QED) is 0.745. The van der Waals surface area contributed by atoms with Crippen LogP contribution in [0, 0.1) is 11.3 Å². The molecule has 2 aliphatic rings. The van der Waals surface area contributed by atoms with Crippen LogP contribution in [0.5, 0.6) is 0 Å². The number of likely N-dealkylation sites (N-methyl/N-ethyl adjacent to an activating group) is 1. The molecule has 0 N–H and O–H groups in total. The Morgan fingerprint density at radius 3 is 2.65 bits per heavy atom. The van der Waals surface area contributed by atoms with E-state index < -0.39 is 0 Å². The van der Waals surface area contributed by atoms with E-state index in [9.17, 15) is 0 Å². The fraction of sp³-hybridized carbons (Fsp3) is 0.500. The molecule has 7 nitrogen and oxygen atoms in total. The molecule has 0 saturated carbocycles. The first kappa shape index (κ1) is 15.4. The van der Waals surface area contributed by atoms with Crippen molar-refractivity contribution < 1.29 is 0 Å². The molecular formula is C16H21N7. The van der Waals surface area contributed by atoms with Crippen LogP contribution in [-0.2, 0) is 0 Å². The van der Waals surface area contributed by atoms with Crippen molar-refractivity contribution in [2.75, 3.05) is 40.3 Å². The van der Waals surface area contributed by atoms with Gasteiger partial charge in [-0.25, -0.2) is 10.0 Å². The molecule has 2 aliphatic heterocycles. The monoisotopic (exact) mass is 311 g/mol. The summed E-state index contributed by atoms with van der Waals surface area (Å²) in [6.07, 6.45) is 0. The molecule has 0 aliphatic carbocycles. The van der Waals surface area contributed by atoms with E-state index in [0.29, 0.717) is 5.56 Å². The van der Waals surface area contributed by atoms with Gasteiger partial charge in [0.2, 0.25) is 5.96 Å². The number of benzene rings is 1. The van der Waals surface area contributed by atoms with Crippen LogP contribution in [0.3, 0.4) is 0 Å². The first-order valence-electron chi connectivity index (χ1n) is 7.79. The number of hydrogen-bond acceptors (Lipinski definition) is 6. The fourth-order valence-corrected chi connectivity index (χ4v) is 2.96. The highest BCUT2D eigenvalue weighted by Gasteiger charge is 2.32. The molecule has 1 unspecified atom stereocenters. The van der Waals surface area contributed by atoms with Crippen LogP contribution in [0.25, 0.3) is 0 Å². The lowest BCUT2D eigenvalue weighted by molar-refractivity contribution is 0.183. The van der Waals surface area contributed by atoms with E-state index >= 15 is 0 Å². The Morgan fingerprint density at radius 2 is 2.00 bits per heavy atom. The van der Waals surface area contributed by atoms with Gasteiger partial charge >= 0.3 is 0 Å². The zero-order chi connectivity index (χ0) is 16.4. The highest BCUT2D eigenvalue weighted by atomic mass is 15.6. The Kier molecular flexibility index (Phi) is 4.26. The molecule has 0 spiro atoms. The molecule has 1 fully saturated rings. The number of fused-ring (bicyclic) bond motifs is 1. The van der Waals surface area contributed by atoms with Gasteiger partial charge in [0.25, 0.3) is 0 Å². The van der Waals surface area contributed by atoms with Crippen LogP contribution in [0.15, 0.2) is 33.5 Å². The summed E-state index contributed by atoms with van der Waals surface area (Å²) in [7, 11) is 3.79. The smallest absolute Gasteiger partial charge is 0.224 e. The predicted octanol–water partition coefficient (Wildman–Crippen LogP) is 2.17. The topological polar surface area (TPSA) is 70.6 Å². The standard InChI is InChI=1S/C16H21N7/c1-12-14-10-13(11-17)4-5-15(14)19-16(23(12)20-18-2)22-8-6-21(3)7-9-22/h4-5,10,12H,6-9H2,1-3H3/b20-18-. The number of aliphatic imine (C=N–C) groups is 1. The van der Waals surface area contributed by atoms with Gasteiger partial charge < -0.3 is 9.80 Å². The van der Waals surface area contributed by atoms with E-state index in [2.05, 4.69) is 40.2 Å². The first-order chi connectivity index (χ1) is 11.1. The molecule has 2 heterocycles. The van der Waals surface area contributed by atoms with Crippen molar-refractivity contribution in [3.8, 4) is 6.07 Å². The molecule has 7 heteroatoms. The Bertz CT molecular complexity index is 680. The zero-order valence-corrected chi connectivity index (χ0v) is 13.8. The van der Waals surface area contributed by atoms with E-state index in [-0.39, 0.29) is 6.04 Å². The average molecular weight is 311 g/mol. The summed E-state index contributed by atoms with van der Waals surface area (Å²) in [5, 5.41) is 19.2. The second kappa shape index (κ2) is 6.34. The summed E-state index contributed by atoms with van der Waals surface area (Å²) in [4.78, 5) is 9.37. The Labute approximate surface area is 136 Å². The molecule has 0 radical (unpaired) electrons. The minimum Gasteiger partial charge on any atom is -0.338 e. The van der Waals surface area contributed by atoms with Gasteiger partial charge in [-0.15, -0.1) is 0 Å². The summed E-state index contributed by atoms with van der Waals surface area (Å²) in [6.45, 7) is 5.92. The second-order valence-electron chi connectivity index (χ2n) is 5.90. The Balaban J connectivity index is 2.01. The maximum Gasteiger partial charge on any atom is 0.224 e. The third kappa shape index (κ3) is 2.90. The highest BCUT2D eigenvalue weighted by molar-refractivity contribution is 5.86. The van der Waals surface area contributed by atoms with E-state index in [1.165, 1.54) is 0 Å². The minimum absolute atomic E-state index is 0.00541. The third-order valence-corrected chi connectivity index (χ3v) is 4.37. The van der Waals surface area contributed by atoms with Crippen LogP contribution < -0.4 is 0 Å². The Morgan fingerprint density at radius 1 is 1.26 bits per heavy atom. The van der Waals surface area contributed by atoms with Gasteiger partial charge in [0.15, 0.2) is 0 Å². The van der Waals surface area contributed by atoms with Gasteiger partial charge in [-0.3, -0.25) is 0 Å². The SMILES string of the molecule is C/N=N\N1C(N2CCN(C)CC2)=Nc2ccc(C#N)cc2C1C. The lowest BCUT2D eigenvalue weighted by atomic mass is 10.0. The van der Waals surface area contributed by atoms with Crippen molar-refractivity contribution in [3.63, 3.8) is 0 Å². The van der Waals surface area contributed by atoms with Crippen LogP contribution in [-0.4, -0.2) is 61.0 Å².